The first-order chi connectivity index (χ1) is 7.84. The minimum Gasteiger partial charge on any atom is -0.467 e. The van der Waals surface area contributed by atoms with E-state index in [1.807, 2.05) is 0 Å². The second kappa shape index (κ2) is 5.16. The van der Waals surface area contributed by atoms with Crippen LogP contribution >= 0.6 is 0 Å². The highest BCUT2D eigenvalue weighted by molar-refractivity contribution is 5.74. The number of ether oxygens (including phenoxy) is 1. The predicted molar refractivity (Wildman–Crippen MR) is 52.1 cm³/mol. The van der Waals surface area contributed by atoms with E-state index in [1.165, 1.54) is 0 Å². The van der Waals surface area contributed by atoms with E-state index in [-0.39, 0.29) is 6.42 Å². The van der Waals surface area contributed by atoms with Crippen molar-refractivity contribution in [3.63, 3.8) is 0 Å². The molecule has 0 fully saturated rings. The molecule has 0 radical (unpaired) electrons. The van der Waals surface area contributed by atoms with Crippen LogP contribution in [0.1, 0.15) is 11.1 Å². The molecule has 0 heterocycles. The predicted octanol–water partition coefficient (Wildman–Crippen LogP) is 2.76. The molecule has 94 valence electrons. The van der Waals surface area contributed by atoms with E-state index >= 15 is 0 Å². The molecule has 17 heavy (non-hydrogen) atoms. The van der Waals surface area contributed by atoms with Gasteiger partial charge in [-0.1, -0.05) is 12.1 Å². The van der Waals surface area contributed by atoms with E-state index < -0.39 is 23.9 Å². The molecular formula is C11H10F4O2. The molecule has 0 spiro atoms. The topological polar surface area (TPSA) is 26.3 Å². The lowest BCUT2D eigenvalue weighted by Crippen LogP contribution is -2.19. The molecule has 0 aromatic heterocycles. The molecule has 1 unspecified atom stereocenters. The van der Waals surface area contributed by atoms with Crippen LogP contribution in [-0.4, -0.2) is 19.3 Å². The van der Waals surface area contributed by atoms with Crippen LogP contribution < -0.4 is 0 Å². The van der Waals surface area contributed by atoms with Crippen molar-refractivity contribution >= 4 is 5.97 Å². The largest absolute Gasteiger partial charge is 0.467 e. The fourth-order valence-electron chi connectivity index (χ4n) is 1.25. The summed E-state index contributed by atoms with van der Waals surface area (Å²) in [6.45, 7) is 0. The number of methoxy groups -OCH3 is 1. The second-order valence-corrected chi connectivity index (χ2v) is 3.39. The lowest BCUT2D eigenvalue weighted by atomic mass is 10.1. The van der Waals surface area contributed by atoms with Crippen LogP contribution in [0.5, 0.6) is 0 Å². The molecule has 0 aliphatic carbocycles. The van der Waals surface area contributed by atoms with Gasteiger partial charge in [-0.3, -0.25) is 0 Å². The third-order valence-electron chi connectivity index (χ3n) is 2.15. The van der Waals surface area contributed by atoms with Gasteiger partial charge in [0.1, 0.15) is 0 Å². The number of hydrogen-bond acceptors (Lipinski definition) is 2. The minimum atomic E-state index is -4.42. The van der Waals surface area contributed by atoms with Crippen LogP contribution in [0.25, 0.3) is 0 Å². The molecule has 0 saturated heterocycles. The third kappa shape index (κ3) is 3.72. The Bertz CT molecular complexity index is 383. The van der Waals surface area contributed by atoms with Gasteiger partial charge in [-0.05, 0) is 17.7 Å². The lowest BCUT2D eigenvalue weighted by Gasteiger charge is -2.09. The number of esters is 1. The Hall–Kier alpha value is -1.59. The quantitative estimate of drug-likeness (QED) is 0.609. The van der Waals surface area contributed by atoms with Gasteiger partial charge < -0.3 is 4.74 Å². The highest BCUT2D eigenvalue weighted by Crippen LogP contribution is 2.29. The van der Waals surface area contributed by atoms with E-state index in [0.717, 1.165) is 31.4 Å². The maximum absolute atomic E-state index is 13.1. The fraction of sp³-hybridized carbons (Fsp3) is 0.364. The summed E-state index contributed by atoms with van der Waals surface area (Å²) in [5.41, 5.74) is -0.509. The van der Waals surface area contributed by atoms with Crippen molar-refractivity contribution in [1.29, 1.82) is 0 Å². The number of carbonyl (C=O) groups excluding carboxylic acids is 1. The van der Waals surface area contributed by atoms with E-state index in [2.05, 4.69) is 4.74 Å². The summed E-state index contributed by atoms with van der Waals surface area (Å²) in [6, 6.07) is 3.97. The standard InChI is InChI=1S/C11H10F4O2/c1-17-10(16)9(12)6-7-2-4-8(5-3-7)11(13,14)15/h2-5,9H,6H2,1H3. The van der Waals surface area contributed by atoms with E-state index in [1.54, 1.807) is 0 Å². The molecule has 6 heteroatoms. The molecule has 2 nitrogen and oxygen atoms in total. The summed E-state index contributed by atoms with van der Waals surface area (Å²) < 4.78 is 53.9. The molecule has 0 saturated carbocycles. The number of rotatable bonds is 3. The van der Waals surface area contributed by atoms with Gasteiger partial charge in [-0.2, -0.15) is 13.2 Å². The van der Waals surface area contributed by atoms with Crippen LogP contribution in [0.15, 0.2) is 24.3 Å². The van der Waals surface area contributed by atoms with E-state index in [4.69, 9.17) is 0 Å². The smallest absolute Gasteiger partial charge is 0.416 e. The second-order valence-electron chi connectivity index (χ2n) is 3.39. The molecule has 1 aromatic carbocycles. The van der Waals surface area contributed by atoms with E-state index in [0.29, 0.717) is 5.56 Å². The summed E-state index contributed by atoms with van der Waals surface area (Å²) in [6.07, 6.45) is -6.59. The number of halogens is 4. The van der Waals surface area contributed by atoms with Crippen LogP contribution in [0.2, 0.25) is 0 Å². The fourth-order valence-corrected chi connectivity index (χ4v) is 1.25. The number of benzene rings is 1. The Morgan fingerprint density at radius 2 is 1.82 bits per heavy atom. The first kappa shape index (κ1) is 13.5. The Labute approximate surface area is 95.2 Å². The van der Waals surface area contributed by atoms with Crippen molar-refractivity contribution in [2.75, 3.05) is 7.11 Å². The molecule has 0 aliphatic rings. The molecule has 1 rings (SSSR count). The first-order valence-electron chi connectivity index (χ1n) is 4.72. The average molecular weight is 250 g/mol. The maximum atomic E-state index is 13.1. The monoisotopic (exact) mass is 250 g/mol. The average Bonchev–Trinajstić information content (AvgIpc) is 2.27. The van der Waals surface area contributed by atoms with E-state index in [9.17, 15) is 22.4 Å². The van der Waals surface area contributed by atoms with Gasteiger partial charge >= 0.3 is 12.1 Å². The Morgan fingerprint density at radius 3 is 2.24 bits per heavy atom. The van der Waals surface area contributed by atoms with Gasteiger partial charge in [0, 0.05) is 6.42 Å². The number of carbonyl (C=O) groups is 1. The summed E-state index contributed by atoms with van der Waals surface area (Å²) in [5, 5.41) is 0. The molecule has 1 aromatic rings. The van der Waals surface area contributed by atoms with Crippen LogP contribution in [0.3, 0.4) is 0 Å². The van der Waals surface area contributed by atoms with Crippen molar-refractivity contribution in [3.05, 3.63) is 35.4 Å². The zero-order valence-electron chi connectivity index (χ0n) is 8.92. The van der Waals surface area contributed by atoms with Gasteiger partial charge in [0.2, 0.25) is 6.17 Å². The molecule has 0 bridgehead atoms. The molecule has 1 atom stereocenters. The first-order valence-corrected chi connectivity index (χ1v) is 4.72. The Morgan fingerprint density at radius 1 is 1.29 bits per heavy atom. The molecule has 0 aliphatic heterocycles. The van der Waals surface area contributed by atoms with Crippen LogP contribution in [-0.2, 0) is 22.1 Å². The molecular weight excluding hydrogens is 240 g/mol. The van der Waals surface area contributed by atoms with Gasteiger partial charge in [0.25, 0.3) is 0 Å². The lowest BCUT2D eigenvalue weighted by molar-refractivity contribution is -0.146. The van der Waals surface area contributed by atoms with Gasteiger partial charge in [-0.15, -0.1) is 0 Å². The van der Waals surface area contributed by atoms with Gasteiger partial charge in [0.05, 0.1) is 12.7 Å². The van der Waals surface area contributed by atoms with Gasteiger partial charge in [-0.25, -0.2) is 9.18 Å². The maximum Gasteiger partial charge on any atom is 0.416 e. The van der Waals surface area contributed by atoms with Crippen LogP contribution in [0.4, 0.5) is 17.6 Å². The summed E-state index contributed by atoms with van der Waals surface area (Å²) >= 11 is 0. The van der Waals surface area contributed by atoms with Crippen molar-refractivity contribution in [3.8, 4) is 0 Å². The summed E-state index contributed by atoms with van der Waals surface area (Å²) in [7, 11) is 1.04. The zero-order chi connectivity index (χ0) is 13.1. The highest BCUT2D eigenvalue weighted by Gasteiger charge is 2.30. The van der Waals surface area contributed by atoms with Crippen molar-refractivity contribution in [1.82, 2.24) is 0 Å². The number of hydrogen-bond donors (Lipinski definition) is 0. The molecule has 0 amide bonds. The minimum absolute atomic E-state index is 0.301. The SMILES string of the molecule is COC(=O)C(F)Cc1ccc(C(F)(F)F)cc1. The normalized spacial score (nSPS) is 13.2. The third-order valence-corrected chi connectivity index (χ3v) is 2.15. The van der Waals surface area contributed by atoms with Crippen LogP contribution in [0, 0.1) is 0 Å². The van der Waals surface area contributed by atoms with Gasteiger partial charge in [0.15, 0.2) is 0 Å². The Kier molecular flexibility index (Phi) is 4.09. The Balaban J connectivity index is 2.72. The van der Waals surface area contributed by atoms with Crippen molar-refractivity contribution in [2.24, 2.45) is 0 Å². The molecule has 0 N–H and O–H groups in total. The summed E-state index contributed by atoms with van der Waals surface area (Å²) in [4.78, 5) is 10.8. The zero-order valence-corrected chi connectivity index (χ0v) is 8.92. The number of alkyl halides is 4. The van der Waals surface area contributed by atoms with Crippen molar-refractivity contribution < 1.29 is 27.1 Å². The van der Waals surface area contributed by atoms with Crippen molar-refractivity contribution in [2.45, 2.75) is 18.8 Å². The summed E-state index contributed by atoms with van der Waals surface area (Å²) in [5.74, 6) is -1.04. The highest BCUT2D eigenvalue weighted by atomic mass is 19.4.